The van der Waals surface area contributed by atoms with Crippen LogP contribution in [0.4, 0.5) is 0 Å². The molecule has 0 saturated heterocycles. The third-order valence-corrected chi connectivity index (χ3v) is 2.77. The molecule has 0 N–H and O–H groups in total. The highest BCUT2D eigenvalue weighted by Crippen LogP contribution is 2.06. The second-order valence-electron chi connectivity index (χ2n) is 4.22. The summed E-state index contributed by atoms with van der Waals surface area (Å²) in [6, 6.07) is 0. The minimum absolute atomic E-state index is 0.321. The maximum atomic E-state index is 11.4. The predicted molar refractivity (Wildman–Crippen MR) is 64.9 cm³/mol. The third-order valence-electron chi connectivity index (χ3n) is 2.77. The fourth-order valence-corrected chi connectivity index (χ4v) is 1.80. The molecule has 0 spiro atoms. The van der Waals surface area contributed by atoms with E-state index in [1.54, 1.807) is 11.7 Å². The standard InChI is InChI=1S/C12H22N2O3/c1-3-4-5-6-7-8-9-14-11(10-16-2)13-17-12(14)15/h3-10H2,1-2H3. The Hall–Kier alpha value is -1.10. The van der Waals surface area contributed by atoms with Gasteiger partial charge in [0.25, 0.3) is 0 Å². The normalized spacial score (nSPS) is 10.9. The maximum Gasteiger partial charge on any atom is 0.441 e. The Morgan fingerprint density at radius 2 is 1.94 bits per heavy atom. The van der Waals surface area contributed by atoms with Crippen molar-refractivity contribution in [2.24, 2.45) is 0 Å². The fraction of sp³-hybridized carbons (Fsp3) is 0.833. The van der Waals surface area contributed by atoms with Crippen LogP contribution in [-0.2, 0) is 17.9 Å². The SMILES string of the molecule is CCCCCCCCn1c(COC)noc1=O. The lowest BCUT2D eigenvalue weighted by molar-refractivity contribution is 0.171. The van der Waals surface area contributed by atoms with Gasteiger partial charge in [-0.2, -0.15) is 0 Å². The van der Waals surface area contributed by atoms with Crippen LogP contribution in [-0.4, -0.2) is 16.8 Å². The quantitative estimate of drug-likeness (QED) is 0.624. The minimum atomic E-state index is -0.384. The van der Waals surface area contributed by atoms with Crippen molar-refractivity contribution in [1.82, 2.24) is 9.72 Å². The van der Waals surface area contributed by atoms with Crippen LogP contribution in [0.25, 0.3) is 0 Å². The van der Waals surface area contributed by atoms with Crippen molar-refractivity contribution >= 4 is 0 Å². The molecule has 0 unspecified atom stereocenters. The zero-order chi connectivity index (χ0) is 12.5. The molecule has 0 aliphatic heterocycles. The van der Waals surface area contributed by atoms with Crippen molar-refractivity contribution in [2.75, 3.05) is 7.11 Å². The summed E-state index contributed by atoms with van der Waals surface area (Å²) < 4.78 is 11.1. The van der Waals surface area contributed by atoms with Crippen molar-refractivity contribution in [3.8, 4) is 0 Å². The summed E-state index contributed by atoms with van der Waals surface area (Å²) in [5.74, 6) is 0.191. The Labute approximate surface area is 102 Å². The van der Waals surface area contributed by atoms with Crippen molar-refractivity contribution in [3.05, 3.63) is 16.4 Å². The van der Waals surface area contributed by atoms with Gasteiger partial charge in [-0.1, -0.05) is 44.2 Å². The van der Waals surface area contributed by atoms with Crippen LogP contribution in [0.3, 0.4) is 0 Å². The molecule has 1 aromatic heterocycles. The monoisotopic (exact) mass is 242 g/mol. The molecule has 1 heterocycles. The summed E-state index contributed by atoms with van der Waals surface area (Å²) in [5.41, 5.74) is 0. The van der Waals surface area contributed by atoms with E-state index in [0.29, 0.717) is 19.0 Å². The summed E-state index contributed by atoms with van der Waals surface area (Å²) in [6.45, 7) is 3.20. The fourth-order valence-electron chi connectivity index (χ4n) is 1.80. The lowest BCUT2D eigenvalue weighted by atomic mass is 10.1. The van der Waals surface area contributed by atoms with Gasteiger partial charge in [0.05, 0.1) is 0 Å². The van der Waals surface area contributed by atoms with Gasteiger partial charge in [0.1, 0.15) is 6.61 Å². The average molecular weight is 242 g/mol. The van der Waals surface area contributed by atoms with E-state index in [9.17, 15) is 4.79 Å². The highest BCUT2D eigenvalue weighted by atomic mass is 16.5. The number of ether oxygens (including phenoxy) is 1. The summed E-state index contributed by atoms with van der Waals surface area (Å²) in [6.07, 6.45) is 7.18. The molecule has 1 rings (SSSR count). The van der Waals surface area contributed by atoms with Crippen LogP contribution in [0.15, 0.2) is 9.32 Å². The molecule has 0 amide bonds. The van der Waals surface area contributed by atoms with Gasteiger partial charge in [-0.05, 0) is 6.42 Å². The van der Waals surface area contributed by atoms with Crippen molar-refractivity contribution in [3.63, 3.8) is 0 Å². The van der Waals surface area contributed by atoms with E-state index in [4.69, 9.17) is 4.74 Å². The van der Waals surface area contributed by atoms with Gasteiger partial charge in [-0.3, -0.25) is 9.09 Å². The Morgan fingerprint density at radius 1 is 1.24 bits per heavy atom. The highest BCUT2D eigenvalue weighted by molar-refractivity contribution is 4.80. The molecule has 17 heavy (non-hydrogen) atoms. The van der Waals surface area contributed by atoms with E-state index >= 15 is 0 Å². The van der Waals surface area contributed by atoms with Crippen LogP contribution in [0.2, 0.25) is 0 Å². The average Bonchev–Trinajstić information content (AvgIpc) is 2.66. The van der Waals surface area contributed by atoms with Crippen LogP contribution < -0.4 is 5.76 Å². The van der Waals surface area contributed by atoms with Crippen molar-refractivity contribution in [1.29, 1.82) is 0 Å². The molecular formula is C12H22N2O3. The van der Waals surface area contributed by atoms with Gasteiger partial charge in [-0.25, -0.2) is 4.79 Å². The molecule has 0 aliphatic carbocycles. The van der Waals surface area contributed by atoms with Crippen molar-refractivity contribution < 1.29 is 9.26 Å². The third kappa shape index (κ3) is 4.73. The number of hydrogen-bond donors (Lipinski definition) is 0. The van der Waals surface area contributed by atoms with E-state index in [-0.39, 0.29) is 5.76 Å². The van der Waals surface area contributed by atoms with E-state index in [1.807, 2.05) is 0 Å². The van der Waals surface area contributed by atoms with Gasteiger partial charge in [0, 0.05) is 13.7 Å². The van der Waals surface area contributed by atoms with Gasteiger partial charge in [-0.15, -0.1) is 0 Å². The number of hydrogen-bond acceptors (Lipinski definition) is 4. The largest absolute Gasteiger partial charge is 0.441 e. The van der Waals surface area contributed by atoms with Crippen LogP contribution in [0, 0.1) is 0 Å². The molecule has 0 aliphatic rings. The number of aromatic nitrogens is 2. The van der Waals surface area contributed by atoms with E-state index in [1.165, 1.54) is 25.7 Å². The first kappa shape index (κ1) is 14.0. The Kier molecular flexibility index (Phi) is 6.62. The topological polar surface area (TPSA) is 57.3 Å². The zero-order valence-electron chi connectivity index (χ0n) is 10.8. The molecule has 5 heteroatoms. The molecule has 0 fully saturated rings. The molecule has 0 radical (unpaired) electrons. The van der Waals surface area contributed by atoms with Gasteiger partial charge < -0.3 is 4.74 Å². The number of unbranched alkanes of at least 4 members (excludes halogenated alkanes) is 5. The summed E-state index contributed by atoms with van der Waals surface area (Å²) in [5, 5.41) is 3.68. The molecule has 0 bridgehead atoms. The second kappa shape index (κ2) is 8.06. The lowest BCUT2D eigenvalue weighted by Gasteiger charge is -2.03. The van der Waals surface area contributed by atoms with Gasteiger partial charge >= 0.3 is 5.76 Å². The summed E-state index contributed by atoms with van der Waals surface area (Å²) in [4.78, 5) is 11.4. The van der Waals surface area contributed by atoms with Crippen LogP contribution >= 0.6 is 0 Å². The van der Waals surface area contributed by atoms with Crippen LogP contribution in [0.5, 0.6) is 0 Å². The number of methoxy groups -OCH3 is 1. The van der Waals surface area contributed by atoms with E-state index in [0.717, 1.165) is 12.8 Å². The van der Waals surface area contributed by atoms with Gasteiger partial charge in [0.15, 0.2) is 5.82 Å². The first-order valence-electron chi connectivity index (χ1n) is 6.34. The molecule has 0 aromatic carbocycles. The first-order chi connectivity index (χ1) is 8.29. The zero-order valence-corrected chi connectivity index (χ0v) is 10.8. The molecular weight excluding hydrogens is 220 g/mol. The highest BCUT2D eigenvalue weighted by Gasteiger charge is 2.09. The van der Waals surface area contributed by atoms with E-state index < -0.39 is 0 Å². The smallest absolute Gasteiger partial charge is 0.377 e. The number of nitrogens with zero attached hydrogens (tertiary/aromatic N) is 2. The molecule has 98 valence electrons. The summed E-state index contributed by atoms with van der Waals surface area (Å²) >= 11 is 0. The summed E-state index contributed by atoms with van der Waals surface area (Å²) in [7, 11) is 1.58. The number of rotatable bonds is 9. The Balaban J connectivity index is 2.30. The van der Waals surface area contributed by atoms with Crippen molar-refractivity contribution in [2.45, 2.75) is 58.6 Å². The molecule has 0 atom stereocenters. The Morgan fingerprint density at radius 3 is 2.65 bits per heavy atom. The lowest BCUT2D eigenvalue weighted by Crippen LogP contribution is -2.17. The maximum absolute atomic E-state index is 11.4. The predicted octanol–water partition coefficient (Wildman–Crippen LogP) is 2.34. The minimum Gasteiger partial charge on any atom is -0.377 e. The molecule has 1 aromatic rings. The van der Waals surface area contributed by atoms with Gasteiger partial charge in [0.2, 0.25) is 0 Å². The first-order valence-corrected chi connectivity index (χ1v) is 6.34. The second-order valence-corrected chi connectivity index (χ2v) is 4.22. The Bertz CT molecular complexity index is 357. The van der Waals surface area contributed by atoms with Crippen LogP contribution in [0.1, 0.15) is 51.3 Å². The molecule has 0 saturated carbocycles. The molecule has 5 nitrogen and oxygen atoms in total. The van der Waals surface area contributed by atoms with E-state index in [2.05, 4.69) is 16.6 Å².